The molecule has 102 valence electrons. The van der Waals surface area contributed by atoms with Crippen molar-refractivity contribution in [3.05, 3.63) is 57.8 Å². The zero-order valence-electron chi connectivity index (χ0n) is 10.4. The highest BCUT2D eigenvalue weighted by molar-refractivity contribution is 5.88. The molecule has 1 heterocycles. The van der Waals surface area contributed by atoms with Crippen LogP contribution in [-0.2, 0) is 0 Å². The van der Waals surface area contributed by atoms with E-state index in [2.05, 4.69) is 4.98 Å². The van der Waals surface area contributed by atoms with Crippen LogP contribution in [0.2, 0.25) is 0 Å². The number of carboxylic acids is 1. The Kier molecular flexibility index (Phi) is 3.60. The summed E-state index contributed by atoms with van der Waals surface area (Å²) in [5, 5.41) is 19.6. The zero-order valence-corrected chi connectivity index (χ0v) is 10.4. The van der Waals surface area contributed by atoms with Gasteiger partial charge in [0.15, 0.2) is 0 Å². The summed E-state index contributed by atoms with van der Waals surface area (Å²) >= 11 is 0. The number of carbonyl (C=O) groups is 1. The van der Waals surface area contributed by atoms with Crippen LogP contribution in [0.5, 0.6) is 11.6 Å². The van der Waals surface area contributed by atoms with Crippen LogP contribution >= 0.6 is 0 Å². The van der Waals surface area contributed by atoms with Crippen molar-refractivity contribution in [3.8, 4) is 11.6 Å². The Morgan fingerprint density at radius 3 is 2.75 bits per heavy atom. The van der Waals surface area contributed by atoms with Gasteiger partial charge < -0.3 is 9.84 Å². The van der Waals surface area contributed by atoms with Gasteiger partial charge in [-0.05, 0) is 24.6 Å². The summed E-state index contributed by atoms with van der Waals surface area (Å²) in [6.07, 6.45) is 1.25. The van der Waals surface area contributed by atoms with Crippen molar-refractivity contribution in [2.45, 2.75) is 6.92 Å². The van der Waals surface area contributed by atoms with Gasteiger partial charge in [0.05, 0.1) is 16.6 Å². The number of aryl methyl sites for hydroxylation is 1. The molecule has 0 saturated heterocycles. The van der Waals surface area contributed by atoms with Crippen LogP contribution in [0.15, 0.2) is 36.5 Å². The molecular formula is C13H10N2O5. The molecule has 1 aromatic carbocycles. The molecule has 1 aromatic heterocycles. The lowest BCUT2D eigenvalue weighted by Gasteiger charge is -2.08. The van der Waals surface area contributed by atoms with E-state index in [1.54, 1.807) is 13.0 Å². The Hall–Kier alpha value is -2.96. The first kappa shape index (κ1) is 13.5. The van der Waals surface area contributed by atoms with Crippen LogP contribution in [0, 0.1) is 17.0 Å². The number of nitrogens with zero attached hydrogens (tertiary/aromatic N) is 2. The third-order valence-corrected chi connectivity index (χ3v) is 2.58. The van der Waals surface area contributed by atoms with Crippen molar-refractivity contribution in [2.75, 3.05) is 0 Å². The molecule has 1 N–H and O–H groups in total. The fraction of sp³-hybridized carbons (Fsp3) is 0.0769. The molecule has 0 bridgehead atoms. The Balaban J connectivity index is 2.34. The molecule has 0 spiro atoms. The van der Waals surface area contributed by atoms with E-state index < -0.39 is 10.9 Å². The van der Waals surface area contributed by atoms with Crippen LogP contribution in [0.1, 0.15) is 15.9 Å². The molecule has 7 heteroatoms. The Bertz CT molecular complexity index is 684. The van der Waals surface area contributed by atoms with Gasteiger partial charge in [-0.25, -0.2) is 9.78 Å². The number of nitro groups is 1. The van der Waals surface area contributed by atoms with Crippen LogP contribution in [-0.4, -0.2) is 21.0 Å². The summed E-state index contributed by atoms with van der Waals surface area (Å²) in [6, 6.07) is 6.81. The predicted molar refractivity (Wildman–Crippen MR) is 69.1 cm³/mol. The lowest BCUT2D eigenvalue weighted by molar-refractivity contribution is -0.385. The van der Waals surface area contributed by atoms with Gasteiger partial charge >= 0.3 is 5.97 Å². The van der Waals surface area contributed by atoms with Crippen molar-refractivity contribution in [1.82, 2.24) is 4.98 Å². The molecule has 0 fully saturated rings. The standard InChI is InChI=1S/C13H10N2O5/c1-8-2-3-9(13(16)17)6-11(8)20-12-7-10(15(18)19)4-5-14-12/h2-7H,1H3,(H,16,17). The summed E-state index contributed by atoms with van der Waals surface area (Å²) in [6.45, 7) is 1.73. The number of aromatic carboxylic acids is 1. The minimum Gasteiger partial charge on any atom is -0.478 e. The lowest BCUT2D eigenvalue weighted by Crippen LogP contribution is -1.98. The molecule has 20 heavy (non-hydrogen) atoms. The van der Waals surface area contributed by atoms with Gasteiger partial charge in [-0.3, -0.25) is 10.1 Å². The van der Waals surface area contributed by atoms with E-state index in [0.29, 0.717) is 5.56 Å². The normalized spacial score (nSPS) is 10.1. The molecule has 0 saturated carbocycles. The Morgan fingerprint density at radius 1 is 1.35 bits per heavy atom. The maximum atomic E-state index is 10.9. The van der Waals surface area contributed by atoms with Crippen molar-refractivity contribution >= 4 is 11.7 Å². The van der Waals surface area contributed by atoms with Crippen molar-refractivity contribution < 1.29 is 19.6 Å². The molecule has 0 amide bonds. The second kappa shape index (κ2) is 5.35. The summed E-state index contributed by atoms with van der Waals surface area (Å²) in [5.41, 5.74) is 0.612. The highest BCUT2D eigenvalue weighted by atomic mass is 16.6. The summed E-state index contributed by atoms with van der Waals surface area (Å²) in [5.74, 6) is -0.760. The first-order valence-electron chi connectivity index (χ1n) is 5.59. The monoisotopic (exact) mass is 274 g/mol. The third kappa shape index (κ3) is 2.89. The maximum Gasteiger partial charge on any atom is 0.335 e. The van der Waals surface area contributed by atoms with Crippen LogP contribution in [0.3, 0.4) is 0 Å². The van der Waals surface area contributed by atoms with Gasteiger partial charge in [0.1, 0.15) is 5.75 Å². The molecule has 0 aliphatic rings. The van der Waals surface area contributed by atoms with Gasteiger partial charge in [-0.2, -0.15) is 0 Å². The Morgan fingerprint density at radius 2 is 2.10 bits per heavy atom. The lowest BCUT2D eigenvalue weighted by atomic mass is 10.1. The predicted octanol–water partition coefficient (Wildman–Crippen LogP) is 2.79. The number of hydrogen-bond acceptors (Lipinski definition) is 5. The molecule has 0 radical (unpaired) electrons. The summed E-state index contributed by atoms with van der Waals surface area (Å²) in [4.78, 5) is 24.9. The number of benzene rings is 1. The highest BCUT2D eigenvalue weighted by Crippen LogP contribution is 2.26. The average molecular weight is 274 g/mol. The van der Waals surface area contributed by atoms with Crippen LogP contribution in [0.4, 0.5) is 5.69 Å². The van der Waals surface area contributed by atoms with E-state index in [4.69, 9.17) is 9.84 Å². The largest absolute Gasteiger partial charge is 0.478 e. The smallest absolute Gasteiger partial charge is 0.335 e. The number of ether oxygens (including phenoxy) is 1. The minimum absolute atomic E-state index is 0.0323. The fourth-order valence-corrected chi connectivity index (χ4v) is 1.52. The molecule has 0 aliphatic heterocycles. The summed E-state index contributed by atoms with van der Waals surface area (Å²) in [7, 11) is 0. The van der Waals surface area contributed by atoms with Gasteiger partial charge in [0.2, 0.25) is 5.88 Å². The van der Waals surface area contributed by atoms with E-state index in [1.807, 2.05) is 0 Å². The first-order valence-corrected chi connectivity index (χ1v) is 5.59. The van der Waals surface area contributed by atoms with Crippen molar-refractivity contribution in [2.24, 2.45) is 0 Å². The van der Waals surface area contributed by atoms with E-state index >= 15 is 0 Å². The number of hydrogen-bond donors (Lipinski definition) is 1. The van der Waals surface area contributed by atoms with Gasteiger partial charge in [-0.15, -0.1) is 0 Å². The van der Waals surface area contributed by atoms with Crippen molar-refractivity contribution in [1.29, 1.82) is 0 Å². The molecule has 2 aromatic rings. The topological polar surface area (TPSA) is 103 Å². The Labute approximate surface area is 113 Å². The maximum absolute atomic E-state index is 10.9. The zero-order chi connectivity index (χ0) is 14.7. The van der Waals surface area contributed by atoms with E-state index in [-0.39, 0.29) is 22.9 Å². The SMILES string of the molecule is Cc1ccc(C(=O)O)cc1Oc1cc([N+](=O)[O-])ccn1. The summed E-state index contributed by atoms with van der Waals surface area (Å²) < 4.78 is 5.41. The molecule has 0 atom stereocenters. The van der Waals surface area contributed by atoms with Gasteiger partial charge in [0.25, 0.3) is 5.69 Å². The molecular weight excluding hydrogens is 264 g/mol. The number of aromatic nitrogens is 1. The quantitative estimate of drug-likeness (QED) is 0.679. The minimum atomic E-state index is -1.08. The second-order valence-corrected chi connectivity index (χ2v) is 4.00. The van der Waals surface area contributed by atoms with E-state index in [9.17, 15) is 14.9 Å². The van der Waals surface area contributed by atoms with E-state index in [0.717, 1.165) is 0 Å². The number of rotatable bonds is 4. The number of carboxylic acid groups (broad SMARTS) is 1. The van der Waals surface area contributed by atoms with E-state index in [1.165, 1.54) is 30.5 Å². The highest BCUT2D eigenvalue weighted by Gasteiger charge is 2.11. The number of pyridine rings is 1. The fourth-order valence-electron chi connectivity index (χ4n) is 1.52. The van der Waals surface area contributed by atoms with Gasteiger partial charge in [0, 0.05) is 12.3 Å². The van der Waals surface area contributed by atoms with Crippen LogP contribution < -0.4 is 4.74 Å². The van der Waals surface area contributed by atoms with Crippen LogP contribution in [0.25, 0.3) is 0 Å². The molecule has 0 unspecified atom stereocenters. The third-order valence-electron chi connectivity index (χ3n) is 2.58. The van der Waals surface area contributed by atoms with Gasteiger partial charge in [-0.1, -0.05) is 6.07 Å². The average Bonchev–Trinajstić information content (AvgIpc) is 2.41. The molecule has 0 aliphatic carbocycles. The first-order chi connectivity index (χ1) is 9.47. The second-order valence-electron chi connectivity index (χ2n) is 4.00. The van der Waals surface area contributed by atoms with Crippen molar-refractivity contribution in [3.63, 3.8) is 0 Å². The molecule has 7 nitrogen and oxygen atoms in total. The molecule has 2 rings (SSSR count).